The molecular weight excluding hydrogens is 428 g/mol. The average Bonchev–Trinajstić information content (AvgIpc) is 3.30. The number of amides is 1. The Balaban J connectivity index is 1.38. The molecule has 3 aliphatic rings. The van der Waals surface area contributed by atoms with Crippen molar-refractivity contribution in [2.75, 3.05) is 39.4 Å². The van der Waals surface area contributed by atoms with Gasteiger partial charge in [-0.25, -0.2) is 0 Å². The molecule has 0 spiro atoms. The Morgan fingerprint density at radius 3 is 2.65 bits per heavy atom. The molecule has 6 rings (SSSR count). The molecule has 1 fully saturated rings. The van der Waals surface area contributed by atoms with Crippen LogP contribution in [0.15, 0.2) is 48.5 Å². The Bertz CT molecular complexity index is 1120. The minimum absolute atomic E-state index is 0.0000676. The van der Waals surface area contributed by atoms with Gasteiger partial charge in [0, 0.05) is 30.6 Å². The third kappa shape index (κ3) is 4.81. The van der Waals surface area contributed by atoms with Gasteiger partial charge in [-0.3, -0.25) is 14.8 Å². The van der Waals surface area contributed by atoms with Crippen LogP contribution in [-0.2, 0) is 6.54 Å². The van der Waals surface area contributed by atoms with Gasteiger partial charge in [-0.05, 0) is 56.3 Å². The van der Waals surface area contributed by atoms with Gasteiger partial charge in [0.25, 0.3) is 5.91 Å². The Morgan fingerprint density at radius 2 is 1.79 bits per heavy atom. The normalized spacial score (nSPS) is 24.1. The smallest absolute Gasteiger partial charge is 0.275 e. The number of aliphatic hydroxyl groups is 1. The highest BCUT2D eigenvalue weighted by Crippen LogP contribution is 2.37. The first-order chi connectivity index (χ1) is 16.7. The van der Waals surface area contributed by atoms with Crippen LogP contribution < -0.4 is 4.74 Å². The lowest BCUT2D eigenvalue weighted by molar-refractivity contribution is 0.0319. The number of carbonyl (C=O) groups is 1. The zero-order valence-corrected chi connectivity index (χ0v) is 19.7. The average molecular weight is 463 g/mol. The summed E-state index contributed by atoms with van der Waals surface area (Å²) in [6.45, 7) is 4.66. The lowest BCUT2D eigenvalue weighted by Crippen LogP contribution is -2.41. The van der Waals surface area contributed by atoms with E-state index in [2.05, 4.69) is 27.2 Å². The quantitative estimate of drug-likeness (QED) is 0.605. The lowest BCUT2D eigenvalue weighted by Gasteiger charge is -2.41. The van der Waals surface area contributed by atoms with Gasteiger partial charge in [0.15, 0.2) is 5.69 Å². The van der Waals surface area contributed by atoms with Crippen molar-refractivity contribution < 1.29 is 14.6 Å². The molecule has 0 aliphatic carbocycles. The number of piperidine rings is 1. The van der Waals surface area contributed by atoms with Crippen LogP contribution in [0, 0.1) is 5.41 Å². The predicted octanol–water partition coefficient (Wildman–Crippen LogP) is 3.84. The number of benzene rings is 2. The fraction of sp³-hybridized carbons (Fsp3) is 0.481. The van der Waals surface area contributed by atoms with E-state index < -0.39 is 0 Å². The Morgan fingerprint density at radius 1 is 1.00 bits per heavy atom. The maximum atomic E-state index is 13.5. The number of aliphatic hydroxyl groups excluding tert-OH is 1. The number of carbonyl (C=O) groups excluding carboxylic acids is 1. The molecular formula is C27H34N4O3. The van der Waals surface area contributed by atoms with Gasteiger partial charge in [-0.15, -0.1) is 0 Å². The molecule has 1 saturated heterocycles. The van der Waals surface area contributed by atoms with Crippen LogP contribution in [0.25, 0.3) is 10.9 Å². The van der Waals surface area contributed by atoms with Crippen molar-refractivity contribution in [2.24, 2.45) is 5.41 Å². The van der Waals surface area contributed by atoms with Crippen LogP contribution in [0.1, 0.15) is 48.2 Å². The standard InChI is InChI=1S/C27H34N4O3/c32-20-27-11-5-6-14-31(26(33)25-22-8-2-3-9-23(22)28-29-25)17-18-34-24-10-4-1-7-21(24)19-30(15-12-27)16-13-27/h1-4,7-10,32H,5-6,11-20H2,(H,28,29). The number of para-hydroxylation sites is 2. The zero-order chi connectivity index (χ0) is 23.4. The summed E-state index contributed by atoms with van der Waals surface area (Å²) in [4.78, 5) is 17.8. The number of nitrogens with zero attached hydrogens (tertiary/aromatic N) is 3. The first kappa shape index (κ1) is 22.9. The van der Waals surface area contributed by atoms with Crippen LogP contribution in [0.2, 0.25) is 0 Å². The minimum atomic E-state index is -0.0671. The van der Waals surface area contributed by atoms with Crippen molar-refractivity contribution in [1.29, 1.82) is 0 Å². The van der Waals surface area contributed by atoms with Gasteiger partial charge in [-0.2, -0.15) is 5.10 Å². The SMILES string of the molecule is O=C(c1n[nH]c2ccccc12)N1CCCCC2(CO)CCN(CC2)Cc2ccccc2OCC1. The van der Waals surface area contributed by atoms with E-state index in [9.17, 15) is 9.90 Å². The second kappa shape index (κ2) is 10.2. The van der Waals surface area contributed by atoms with Crippen LogP contribution in [-0.4, -0.2) is 70.4 Å². The zero-order valence-electron chi connectivity index (χ0n) is 19.7. The maximum absolute atomic E-state index is 13.5. The largest absolute Gasteiger partial charge is 0.491 e. The maximum Gasteiger partial charge on any atom is 0.275 e. The summed E-state index contributed by atoms with van der Waals surface area (Å²) in [5.74, 6) is 0.816. The third-order valence-corrected chi connectivity index (χ3v) is 7.58. The number of hydrogen-bond acceptors (Lipinski definition) is 5. The molecule has 34 heavy (non-hydrogen) atoms. The number of aromatic amines is 1. The Kier molecular flexibility index (Phi) is 6.83. The van der Waals surface area contributed by atoms with Gasteiger partial charge in [0.05, 0.1) is 12.1 Å². The van der Waals surface area contributed by atoms with Crippen LogP contribution in [0.5, 0.6) is 5.75 Å². The topological polar surface area (TPSA) is 81.7 Å². The molecule has 1 amide bonds. The number of aromatic nitrogens is 2. The molecule has 0 unspecified atom stereocenters. The second-order valence-corrected chi connectivity index (χ2v) is 9.76. The van der Waals surface area contributed by atoms with E-state index in [1.165, 1.54) is 5.56 Å². The summed E-state index contributed by atoms with van der Waals surface area (Å²) in [5.41, 5.74) is 2.50. The molecule has 2 aromatic carbocycles. The van der Waals surface area contributed by atoms with E-state index in [0.29, 0.717) is 25.4 Å². The molecule has 1 aromatic heterocycles. The number of ether oxygens (including phenoxy) is 1. The molecule has 0 atom stereocenters. The van der Waals surface area contributed by atoms with Crippen LogP contribution in [0.3, 0.4) is 0 Å². The van der Waals surface area contributed by atoms with E-state index in [1.54, 1.807) is 0 Å². The highest BCUT2D eigenvalue weighted by Gasteiger charge is 2.34. The van der Waals surface area contributed by atoms with Crippen molar-refractivity contribution in [1.82, 2.24) is 20.0 Å². The third-order valence-electron chi connectivity index (χ3n) is 7.58. The van der Waals surface area contributed by atoms with Gasteiger partial charge in [-0.1, -0.05) is 42.8 Å². The first-order valence-electron chi connectivity index (χ1n) is 12.4. The predicted molar refractivity (Wildman–Crippen MR) is 132 cm³/mol. The molecule has 3 aliphatic heterocycles. The molecule has 3 aromatic rings. The van der Waals surface area contributed by atoms with E-state index in [0.717, 1.165) is 68.4 Å². The summed E-state index contributed by atoms with van der Waals surface area (Å²) in [6, 6.07) is 15.9. The summed E-state index contributed by atoms with van der Waals surface area (Å²) in [7, 11) is 0. The van der Waals surface area contributed by atoms with E-state index >= 15 is 0 Å². The summed E-state index contributed by atoms with van der Waals surface area (Å²) >= 11 is 0. The van der Waals surface area contributed by atoms with Gasteiger partial charge < -0.3 is 14.7 Å². The molecule has 2 N–H and O–H groups in total. The second-order valence-electron chi connectivity index (χ2n) is 9.76. The van der Waals surface area contributed by atoms with Crippen LogP contribution >= 0.6 is 0 Å². The first-order valence-corrected chi connectivity index (χ1v) is 12.4. The highest BCUT2D eigenvalue weighted by molar-refractivity contribution is 6.04. The summed E-state index contributed by atoms with van der Waals surface area (Å²) in [6.07, 6.45) is 4.91. The van der Waals surface area contributed by atoms with Gasteiger partial charge in [0.2, 0.25) is 0 Å². The Hall–Kier alpha value is -2.90. The van der Waals surface area contributed by atoms with E-state index in [-0.39, 0.29) is 17.9 Å². The van der Waals surface area contributed by atoms with Crippen LogP contribution in [0.4, 0.5) is 0 Å². The van der Waals surface area contributed by atoms with Crippen molar-refractivity contribution in [3.8, 4) is 5.75 Å². The molecule has 2 bridgehead atoms. The number of fused-ring (bicyclic) bond motifs is 10. The minimum Gasteiger partial charge on any atom is -0.491 e. The summed E-state index contributed by atoms with van der Waals surface area (Å²) < 4.78 is 6.21. The monoisotopic (exact) mass is 462 g/mol. The molecule has 7 nitrogen and oxygen atoms in total. The summed E-state index contributed by atoms with van der Waals surface area (Å²) in [5, 5.41) is 18.4. The fourth-order valence-electron chi connectivity index (χ4n) is 5.35. The molecule has 4 heterocycles. The lowest BCUT2D eigenvalue weighted by atomic mass is 9.75. The van der Waals surface area contributed by atoms with Crippen molar-refractivity contribution in [3.05, 3.63) is 59.8 Å². The number of nitrogens with one attached hydrogen (secondary N) is 1. The Labute approximate surface area is 200 Å². The van der Waals surface area contributed by atoms with E-state index in [1.807, 2.05) is 41.3 Å². The number of H-pyrrole nitrogens is 1. The number of rotatable bonds is 2. The van der Waals surface area contributed by atoms with Crippen molar-refractivity contribution >= 4 is 16.8 Å². The highest BCUT2D eigenvalue weighted by atomic mass is 16.5. The van der Waals surface area contributed by atoms with Crippen molar-refractivity contribution in [3.63, 3.8) is 0 Å². The molecule has 7 heteroatoms. The molecule has 0 saturated carbocycles. The molecule has 180 valence electrons. The van der Waals surface area contributed by atoms with Crippen molar-refractivity contribution in [2.45, 2.75) is 38.6 Å². The number of hydrogen-bond donors (Lipinski definition) is 2. The van der Waals surface area contributed by atoms with E-state index in [4.69, 9.17) is 4.74 Å². The van der Waals surface area contributed by atoms with Gasteiger partial charge >= 0.3 is 0 Å². The van der Waals surface area contributed by atoms with Gasteiger partial charge in [0.1, 0.15) is 12.4 Å². The molecule has 0 radical (unpaired) electrons. The fourth-order valence-corrected chi connectivity index (χ4v) is 5.35.